The summed E-state index contributed by atoms with van der Waals surface area (Å²) in [6, 6.07) is 9.46. The van der Waals surface area contributed by atoms with Crippen LogP contribution < -0.4 is 14.0 Å². The van der Waals surface area contributed by atoms with Crippen molar-refractivity contribution in [1.29, 1.82) is 0 Å². The highest BCUT2D eigenvalue weighted by molar-refractivity contribution is 8.03. The van der Waals surface area contributed by atoms with Crippen LogP contribution in [0.1, 0.15) is 10.4 Å². The Hall–Kier alpha value is -1.15. The van der Waals surface area contributed by atoms with Gasteiger partial charge in [-0.05, 0) is 34.6 Å². The second-order valence-corrected chi connectivity index (χ2v) is 8.48. The highest BCUT2D eigenvalue weighted by atomic mass is 32.9. The molecular formula is C16H18NO3S3+. The van der Waals surface area contributed by atoms with Crippen LogP contribution in [0.2, 0.25) is 0 Å². The first kappa shape index (κ1) is 16.7. The molecule has 2 heterocycles. The van der Waals surface area contributed by atoms with E-state index in [2.05, 4.69) is 10.6 Å². The fourth-order valence-electron chi connectivity index (χ4n) is 2.22. The van der Waals surface area contributed by atoms with E-state index in [0.29, 0.717) is 5.75 Å². The number of Topliss-reactive ketones (excluding diaryl/α,β-unsaturated/α-hetero) is 1. The predicted octanol–water partition coefficient (Wildman–Crippen LogP) is 2.60. The molecule has 1 aromatic carbocycles. The number of hydrogen-bond acceptors (Lipinski definition) is 6. The van der Waals surface area contributed by atoms with Gasteiger partial charge < -0.3 is 9.47 Å². The zero-order valence-electron chi connectivity index (χ0n) is 12.8. The van der Waals surface area contributed by atoms with Gasteiger partial charge in [0, 0.05) is 11.6 Å². The van der Waals surface area contributed by atoms with Crippen LogP contribution in [0.3, 0.4) is 0 Å². The van der Waals surface area contributed by atoms with Crippen LogP contribution in [0.25, 0.3) is 0 Å². The van der Waals surface area contributed by atoms with Crippen LogP contribution >= 0.6 is 32.4 Å². The number of rotatable bonds is 5. The Bertz CT molecular complexity index is 726. The summed E-state index contributed by atoms with van der Waals surface area (Å²) in [7, 11) is 5.13. The Morgan fingerprint density at radius 2 is 2.00 bits per heavy atom. The fraction of sp³-hybridized carbons (Fsp3) is 0.375. The molecule has 0 aliphatic carbocycles. The largest absolute Gasteiger partial charge is 0.497 e. The zero-order chi connectivity index (χ0) is 16.1. The van der Waals surface area contributed by atoms with Crippen molar-refractivity contribution in [3.63, 3.8) is 0 Å². The van der Waals surface area contributed by atoms with Gasteiger partial charge >= 0.3 is 0 Å². The lowest BCUT2D eigenvalue weighted by molar-refractivity contribution is 0.0971. The van der Waals surface area contributed by atoms with Crippen molar-refractivity contribution in [3.8, 4) is 5.75 Å². The van der Waals surface area contributed by atoms with Crippen LogP contribution in [0, 0.1) is 0 Å². The summed E-state index contributed by atoms with van der Waals surface area (Å²) in [4.78, 5) is 12.2. The summed E-state index contributed by atoms with van der Waals surface area (Å²) >= 11 is 1.61. The highest BCUT2D eigenvalue weighted by Crippen LogP contribution is 2.25. The molecule has 3 rings (SSSR count). The molecule has 7 heteroatoms. The van der Waals surface area contributed by atoms with Crippen LogP contribution in [-0.2, 0) is 4.74 Å². The van der Waals surface area contributed by atoms with E-state index in [0.717, 1.165) is 37.6 Å². The molecule has 1 aliphatic heterocycles. The maximum Gasteiger partial charge on any atom is 0.268 e. The van der Waals surface area contributed by atoms with Gasteiger partial charge in [-0.3, -0.25) is 4.79 Å². The maximum atomic E-state index is 12.2. The number of nitrogens with zero attached hydrogens (tertiary/aromatic N) is 1. The minimum Gasteiger partial charge on any atom is -0.497 e. The molecule has 2 aromatic rings. The normalized spacial score (nSPS) is 14.7. The number of morpholine rings is 1. The fourth-order valence-corrected chi connectivity index (χ4v) is 6.00. The maximum absolute atomic E-state index is 12.2. The summed E-state index contributed by atoms with van der Waals surface area (Å²) in [6.07, 6.45) is 0. The smallest absolute Gasteiger partial charge is 0.268 e. The molecule has 0 atom stereocenters. The number of methoxy groups -OCH3 is 1. The van der Waals surface area contributed by atoms with Crippen molar-refractivity contribution in [2.75, 3.05) is 39.2 Å². The molecule has 0 bridgehead atoms. The summed E-state index contributed by atoms with van der Waals surface area (Å²) in [6.45, 7) is 3.48. The van der Waals surface area contributed by atoms with Gasteiger partial charge in [-0.15, -0.1) is 11.8 Å². The molecule has 0 spiro atoms. The molecule has 0 unspecified atom stereocenters. The summed E-state index contributed by atoms with van der Waals surface area (Å²) < 4.78 is 15.3. The Morgan fingerprint density at radius 3 is 2.70 bits per heavy atom. The van der Waals surface area contributed by atoms with Crippen molar-refractivity contribution in [2.24, 2.45) is 0 Å². The number of carbonyl (C=O) groups is 1. The Morgan fingerprint density at radius 1 is 1.26 bits per heavy atom. The van der Waals surface area contributed by atoms with Crippen molar-refractivity contribution in [2.45, 2.75) is 4.21 Å². The molecule has 122 valence electrons. The molecule has 1 aliphatic rings. The van der Waals surface area contributed by atoms with Gasteiger partial charge in [-0.1, -0.05) is 10.3 Å². The first-order valence-electron chi connectivity index (χ1n) is 7.32. The lowest BCUT2D eigenvalue weighted by Gasteiger charge is -2.09. The van der Waals surface area contributed by atoms with Gasteiger partial charge in [0.05, 0.1) is 17.1 Å². The molecule has 1 saturated heterocycles. The molecule has 0 radical (unpaired) electrons. The Kier molecular flexibility index (Phi) is 5.88. The topological polar surface area (TPSA) is 38.5 Å². The van der Waals surface area contributed by atoms with Crippen LogP contribution in [0.15, 0.2) is 34.5 Å². The van der Waals surface area contributed by atoms with Crippen molar-refractivity contribution < 1.29 is 14.3 Å². The predicted molar refractivity (Wildman–Crippen MR) is 96.1 cm³/mol. The van der Waals surface area contributed by atoms with E-state index in [1.807, 2.05) is 24.3 Å². The third kappa shape index (κ3) is 4.44. The van der Waals surface area contributed by atoms with Crippen molar-refractivity contribution in [3.05, 3.63) is 40.6 Å². The summed E-state index contributed by atoms with van der Waals surface area (Å²) in [5.41, 5.74) is 0.729. The highest BCUT2D eigenvalue weighted by Gasteiger charge is 2.14. The average molecular weight is 369 g/mol. The van der Waals surface area contributed by atoms with Gasteiger partial charge in [0.15, 0.2) is 18.9 Å². The standard InChI is InChI=1S/C16H18NO3S3/c1-19-13-4-2-12(3-5-13)14(18)11-21-16-10-15(22-23-16)17-6-8-20-9-7-17/h2-5,10H,6-9,11H2,1H3/q+1. The van der Waals surface area contributed by atoms with Gasteiger partial charge in [0.1, 0.15) is 19.0 Å². The van der Waals surface area contributed by atoms with Crippen molar-refractivity contribution >= 4 is 38.2 Å². The molecule has 23 heavy (non-hydrogen) atoms. The third-order valence-electron chi connectivity index (χ3n) is 3.53. The second-order valence-electron chi connectivity index (χ2n) is 5.01. The first-order chi connectivity index (χ1) is 11.3. The number of ketones is 1. The van der Waals surface area contributed by atoms with Gasteiger partial charge in [-0.2, -0.15) is 0 Å². The van der Waals surface area contributed by atoms with E-state index in [1.165, 1.54) is 8.88 Å². The van der Waals surface area contributed by atoms with Gasteiger partial charge in [0.2, 0.25) is 0 Å². The van der Waals surface area contributed by atoms with E-state index in [9.17, 15) is 4.79 Å². The van der Waals surface area contributed by atoms with Crippen molar-refractivity contribution in [1.82, 2.24) is 4.58 Å². The summed E-state index contributed by atoms with van der Waals surface area (Å²) in [5.74, 6) is 1.37. The molecule has 4 nitrogen and oxygen atoms in total. The van der Waals surface area contributed by atoms with Crippen LogP contribution in [-0.4, -0.2) is 44.9 Å². The monoisotopic (exact) mass is 368 g/mol. The summed E-state index contributed by atoms with van der Waals surface area (Å²) in [5, 5.41) is 0. The zero-order valence-corrected chi connectivity index (χ0v) is 15.3. The minimum absolute atomic E-state index is 0.143. The lowest BCUT2D eigenvalue weighted by atomic mass is 10.1. The minimum atomic E-state index is 0.143. The number of benzene rings is 1. The number of carbonyl (C=O) groups excluding carboxylic acids is 1. The van der Waals surface area contributed by atoms with E-state index < -0.39 is 0 Å². The Balaban J connectivity index is 1.61. The van der Waals surface area contributed by atoms with Crippen LogP contribution in [0.4, 0.5) is 0 Å². The van der Waals surface area contributed by atoms with E-state index >= 15 is 0 Å². The quantitative estimate of drug-likeness (QED) is 0.352. The molecule has 0 N–H and O–H groups in total. The number of thioether (sulfide) groups is 1. The van der Waals surface area contributed by atoms with E-state index in [1.54, 1.807) is 39.6 Å². The first-order valence-corrected chi connectivity index (χ1v) is 10.5. The van der Waals surface area contributed by atoms with Crippen LogP contribution in [0.5, 0.6) is 5.75 Å². The lowest BCUT2D eigenvalue weighted by Crippen LogP contribution is -2.38. The third-order valence-corrected chi connectivity index (χ3v) is 7.47. The van der Waals surface area contributed by atoms with Gasteiger partial charge in [0.25, 0.3) is 4.67 Å². The van der Waals surface area contributed by atoms with Gasteiger partial charge in [-0.25, -0.2) is 4.58 Å². The number of ether oxygens (including phenoxy) is 2. The SMILES string of the molecule is COc1ccc(C(=O)CSc2cc(=[N+]3CCOCC3)ss2)cc1. The molecule has 0 saturated carbocycles. The van der Waals surface area contributed by atoms with E-state index in [4.69, 9.17) is 9.47 Å². The molecular weight excluding hydrogens is 350 g/mol. The second kappa shape index (κ2) is 8.10. The average Bonchev–Trinajstić information content (AvgIpc) is 3.09. The molecule has 1 aromatic heterocycles. The molecule has 0 amide bonds. The Labute approximate surface area is 146 Å². The number of hydrogen-bond donors (Lipinski definition) is 0. The molecule has 1 fully saturated rings. The van der Waals surface area contributed by atoms with E-state index in [-0.39, 0.29) is 5.78 Å².